The third-order valence-electron chi connectivity index (χ3n) is 5.89. The number of hydrogen-bond donors (Lipinski definition) is 1. The van der Waals surface area contributed by atoms with Crippen LogP contribution in [0, 0.1) is 0 Å². The Hall–Kier alpha value is -2.26. The summed E-state index contributed by atoms with van der Waals surface area (Å²) in [5, 5.41) is 16.2. The number of likely N-dealkylation sites (N-methyl/N-ethyl adjacent to an activating group) is 1. The van der Waals surface area contributed by atoms with Crippen LogP contribution in [-0.2, 0) is 11.2 Å². The summed E-state index contributed by atoms with van der Waals surface area (Å²) in [5.41, 5.74) is 0.726. The fraction of sp³-hybridized carbons (Fsp3) is 0.700. The van der Waals surface area contributed by atoms with E-state index in [1.165, 1.54) is 25.9 Å². The van der Waals surface area contributed by atoms with Gasteiger partial charge in [-0.15, -0.1) is 15.3 Å². The van der Waals surface area contributed by atoms with Gasteiger partial charge in [0.2, 0.25) is 5.91 Å². The van der Waals surface area contributed by atoms with Crippen molar-refractivity contribution in [2.75, 3.05) is 64.3 Å². The molecule has 0 radical (unpaired) electrons. The molecule has 2 fully saturated rings. The van der Waals surface area contributed by atoms with Crippen LogP contribution in [0.2, 0.25) is 0 Å². The number of anilines is 1. The van der Waals surface area contributed by atoms with Gasteiger partial charge in [-0.3, -0.25) is 4.79 Å². The third kappa shape index (κ3) is 5.22. The van der Waals surface area contributed by atoms with Gasteiger partial charge in [0.15, 0.2) is 11.5 Å². The minimum absolute atomic E-state index is 0.0680. The van der Waals surface area contributed by atoms with Crippen molar-refractivity contribution in [3.05, 3.63) is 18.0 Å². The topological polar surface area (TPSA) is 81.9 Å². The van der Waals surface area contributed by atoms with Crippen molar-refractivity contribution in [2.45, 2.75) is 32.1 Å². The highest BCUT2D eigenvalue weighted by molar-refractivity contribution is 5.76. The monoisotopic (exact) mass is 400 g/mol. The number of rotatable bonds is 8. The Balaban J connectivity index is 1.27. The van der Waals surface area contributed by atoms with Gasteiger partial charge in [-0.1, -0.05) is 0 Å². The van der Waals surface area contributed by atoms with Gasteiger partial charge >= 0.3 is 0 Å². The van der Waals surface area contributed by atoms with Crippen LogP contribution in [-0.4, -0.2) is 94.9 Å². The van der Waals surface area contributed by atoms with Gasteiger partial charge in [0, 0.05) is 45.6 Å². The maximum Gasteiger partial charge on any atom is 0.220 e. The molecule has 0 saturated carbocycles. The maximum atomic E-state index is 12.2. The number of nitrogens with zero attached hydrogens (tertiary/aromatic N) is 7. The van der Waals surface area contributed by atoms with E-state index in [4.69, 9.17) is 5.10 Å². The zero-order valence-corrected chi connectivity index (χ0v) is 17.4. The lowest BCUT2D eigenvalue weighted by atomic mass is 10.2. The largest absolute Gasteiger partial charge is 0.356 e. The standard InChI is InChI=1S/C20H32N8O/c1-25-13-15-27(16-14-25)19-6-5-17-22-23-18(28(17)24-19)7-8-20(29)21-9-4-12-26-10-2-3-11-26/h5-6H,2-4,7-16H2,1H3,(H,21,29). The second-order valence-electron chi connectivity index (χ2n) is 8.12. The number of amides is 1. The molecule has 29 heavy (non-hydrogen) atoms. The van der Waals surface area contributed by atoms with Crippen LogP contribution in [0.5, 0.6) is 0 Å². The first-order valence-electron chi connectivity index (χ1n) is 10.8. The molecule has 0 aliphatic carbocycles. The summed E-state index contributed by atoms with van der Waals surface area (Å²) < 4.78 is 1.79. The molecule has 1 amide bonds. The Kier molecular flexibility index (Phi) is 6.56. The molecule has 9 nitrogen and oxygen atoms in total. The van der Waals surface area contributed by atoms with Crippen LogP contribution in [0.15, 0.2) is 12.1 Å². The van der Waals surface area contributed by atoms with Gasteiger partial charge in [-0.25, -0.2) is 0 Å². The van der Waals surface area contributed by atoms with Crippen molar-refractivity contribution in [3.8, 4) is 0 Å². The predicted molar refractivity (Wildman–Crippen MR) is 112 cm³/mol. The average Bonchev–Trinajstić information content (AvgIpc) is 3.39. The molecule has 0 unspecified atom stereocenters. The molecule has 2 saturated heterocycles. The number of carbonyl (C=O) groups excluding carboxylic acids is 1. The SMILES string of the molecule is CN1CCN(c2ccc3nnc(CCC(=O)NCCCN4CCCC4)n3n2)CC1. The number of fused-ring (bicyclic) bond motifs is 1. The van der Waals surface area contributed by atoms with Gasteiger partial charge < -0.3 is 20.0 Å². The minimum Gasteiger partial charge on any atom is -0.356 e. The normalized spacial score (nSPS) is 18.6. The fourth-order valence-corrected chi connectivity index (χ4v) is 4.03. The van der Waals surface area contributed by atoms with E-state index in [0.29, 0.717) is 12.8 Å². The molecular weight excluding hydrogens is 368 g/mol. The number of carbonyl (C=O) groups is 1. The van der Waals surface area contributed by atoms with Crippen LogP contribution >= 0.6 is 0 Å². The van der Waals surface area contributed by atoms with Gasteiger partial charge in [0.25, 0.3) is 0 Å². The Labute approximate surface area is 172 Å². The van der Waals surface area contributed by atoms with E-state index in [2.05, 4.69) is 37.3 Å². The van der Waals surface area contributed by atoms with Crippen LogP contribution in [0.4, 0.5) is 5.82 Å². The lowest BCUT2D eigenvalue weighted by Gasteiger charge is -2.33. The van der Waals surface area contributed by atoms with Crippen molar-refractivity contribution >= 4 is 17.4 Å². The summed E-state index contributed by atoms with van der Waals surface area (Å²) in [6.45, 7) is 8.22. The quantitative estimate of drug-likeness (QED) is 0.643. The molecule has 4 heterocycles. The molecule has 2 aromatic heterocycles. The molecular formula is C20H32N8O. The Morgan fingerprint density at radius 3 is 2.66 bits per heavy atom. The van der Waals surface area contributed by atoms with Gasteiger partial charge in [-0.2, -0.15) is 4.52 Å². The highest BCUT2D eigenvalue weighted by atomic mass is 16.1. The van der Waals surface area contributed by atoms with Crippen molar-refractivity contribution in [3.63, 3.8) is 0 Å². The van der Waals surface area contributed by atoms with E-state index in [0.717, 1.165) is 63.0 Å². The summed E-state index contributed by atoms with van der Waals surface area (Å²) in [6.07, 6.45) is 4.57. The first kappa shape index (κ1) is 20.0. The molecule has 2 aliphatic rings. The number of nitrogens with one attached hydrogen (secondary N) is 1. The van der Waals surface area contributed by atoms with E-state index in [1.807, 2.05) is 12.1 Å². The molecule has 2 aromatic rings. The van der Waals surface area contributed by atoms with E-state index < -0.39 is 0 Å². The number of likely N-dealkylation sites (tertiary alicyclic amines) is 1. The second-order valence-corrected chi connectivity index (χ2v) is 8.12. The lowest BCUT2D eigenvalue weighted by molar-refractivity contribution is -0.121. The fourth-order valence-electron chi connectivity index (χ4n) is 4.03. The molecule has 0 aromatic carbocycles. The lowest BCUT2D eigenvalue weighted by Crippen LogP contribution is -2.45. The van der Waals surface area contributed by atoms with Crippen molar-refractivity contribution in [1.82, 2.24) is 34.9 Å². The molecule has 0 bridgehead atoms. The average molecular weight is 401 g/mol. The first-order chi connectivity index (χ1) is 14.2. The molecule has 1 N–H and O–H groups in total. The Morgan fingerprint density at radius 1 is 1.07 bits per heavy atom. The van der Waals surface area contributed by atoms with Crippen molar-refractivity contribution in [2.24, 2.45) is 0 Å². The van der Waals surface area contributed by atoms with Crippen molar-refractivity contribution in [1.29, 1.82) is 0 Å². The molecule has 2 aliphatic heterocycles. The molecule has 0 spiro atoms. The summed E-state index contributed by atoms with van der Waals surface area (Å²) >= 11 is 0. The third-order valence-corrected chi connectivity index (χ3v) is 5.89. The van der Waals surface area contributed by atoms with Crippen LogP contribution in [0.3, 0.4) is 0 Å². The maximum absolute atomic E-state index is 12.2. The Morgan fingerprint density at radius 2 is 1.86 bits per heavy atom. The van der Waals surface area contributed by atoms with E-state index in [-0.39, 0.29) is 5.91 Å². The first-order valence-corrected chi connectivity index (χ1v) is 10.8. The molecule has 4 rings (SSSR count). The second kappa shape index (κ2) is 9.49. The zero-order valence-electron chi connectivity index (χ0n) is 17.4. The van der Waals surface area contributed by atoms with Gasteiger partial charge in [-0.05, 0) is 58.1 Å². The summed E-state index contributed by atoms with van der Waals surface area (Å²) in [4.78, 5) is 19.3. The van der Waals surface area contributed by atoms with Crippen molar-refractivity contribution < 1.29 is 4.79 Å². The predicted octanol–water partition coefficient (Wildman–Crippen LogP) is 0.411. The Bertz CT molecular complexity index is 808. The highest BCUT2D eigenvalue weighted by Gasteiger charge is 2.17. The zero-order chi connectivity index (χ0) is 20.1. The minimum atomic E-state index is 0.0680. The summed E-state index contributed by atoms with van der Waals surface area (Å²) in [7, 11) is 2.14. The molecule has 0 atom stereocenters. The van der Waals surface area contributed by atoms with Gasteiger partial charge in [0.05, 0.1) is 0 Å². The van der Waals surface area contributed by atoms with E-state index >= 15 is 0 Å². The van der Waals surface area contributed by atoms with Crippen LogP contribution in [0.1, 0.15) is 31.5 Å². The highest BCUT2D eigenvalue weighted by Crippen LogP contribution is 2.15. The number of piperazine rings is 1. The smallest absolute Gasteiger partial charge is 0.220 e. The van der Waals surface area contributed by atoms with Gasteiger partial charge in [0.1, 0.15) is 5.82 Å². The number of aromatic nitrogens is 4. The van der Waals surface area contributed by atoms with Crippen LogP contribution < -0.4 is 10.2 Å². The number of aryl methyl sites for hydroxylation is 1. The number of hydrogen-bond acceptors (Lipinski definition) is 7. The molecule has 9 heteroatoms. The molecule has 158 valence electrons. The van der Waals surface area contributed by atoms with E-state index in [1.54, 1.807) is 4.52 Å². The van der Waals surface area contributed by atoms with E-state index in [9.17, 15) is 4.79 Å². The summed E-state index contributed by atoms with van der Waals surface area (Å²) in [5.74, 6) is 1.75. The van der Waals surface area contributed by atoms with Crippen LogP contribution in [0.25, 0.3) is 5.65 Å². The summed E-state index contributed by atoms with van der Waals surface area (Å²) in [6, 6.07) is 3.96.